The molecule has 0 aliphatic carbocycles. The molecule has 21 heavy (non-hydrogen) atoms. The van der Waals surface area contributed by atoms with E-state index in [1.54, 1.807) is 0 Å². The summed E-state index contributed by atoms with van der Waals surface area (Å²) in [4.78, 5) is 13.1. The molecule has 2 heterocycles. The van der Waals surface area contributed by atoms with E-state index in [0.717, 1.165) is 24.2 Å². The molecule has 5 heteroatoms. The van der Waals surface area contributed by atoms with Crippen LogP contribution in [0.4, 0.5) is 0 Å². The SMILES string of the molecule is Cc1ccc(-c2cc(CN3CCC[C@H]3C(=O)O)on2)cc1. The van der Waals surface area contributed by atoms with Gasteiger partial charge in [-0.15, -0.1) is 0 Å². The van der Waals surface area contributed by atoms with Crippen molar-refractivity contribution in [2.75, 3.05) is 6.54 Å². The summed E-state index contributed by atoms with van der Waals surface area (Å²) in [6.07, 6.45) is 1.62. The molecule has 0 spiro atoms. The molecule has 0 bridgehead atoms. The van der Waals surface area contributed by atoms with Crippen molar-refractivity contribution < 1.29 is 14.4 Å². The van der Waals surface area contributed by atoms with E-state index in [2.05, 4.69) is 5.16 Å². The fraction of sp³-hybridized carbons (Fsp3) is 0.375. The number of aryl methyl sites for hydroxylation is 1. The van der Waals surface area contributed by atoms with E-state index >= 15 is 0 Å². The minimum Gasteiger partial charge on any atom is -0.480 e. The zero-order chi connectivity index (χ0) is 14.8. The van der Waals surface area contributed by atoms with Gasteiger partial charge in [-0.3, -0.25) is 9.69 Å². The highest BCUT2D eigenvalue weighted by Gasteiger charge is 2.31. The first kappa shape index (κ1) is 13.8. The van der Waals surface area contributed by atoms with Crippen molar-refractivity contribution in [2.45, 2.75) is 32.4 Å². The lowest BCUT2D eigenvalue weighted by Gasteiger charge is -2.18. The van der Waals surface area contributed by atoms with E-state index < -0.39 is 12.0 Å². The molecule has 0 saturated carbocycles. The second kappa shape index (κ2) is 5.69. The number of aliphatic carboxylic acids is 1. The molecule has 0 unspecified atom stereocenters. The number of carboxylic acids is 1. The Balaban J connectivity index is 1.73. The Morgan fingerprint density at radius 2 is 2.19 bits per heavy atom. The van der Waals surface area contributed by atoms with Crippen LogP contribution in [0, 0.1) is 6.92 Å². The van der Waals surface area contributed by atoms with Gasteiger partial charge in [0.05, 0.1) is 6.54 Å². The smallest absolute Gasteiger partial charge is 0.320 e. The van der Waals surface area contributed by atoms with E-state index in [-0.39, 0.29) is 0 Å². The molecule has 110 valence electrons. The van der Waals surface area contributed by atoms with Crippen LogP contribution in [0.1, 0.15) is 24.2 Å². The number of hydrogen-bond acceptors (Lipinski definition) is 4. The minimum atomic E-state index is -0.759. The molecule has 1 aliphatic heterocycles. The van der Waals surface area contributed by atoms with Crippen LogP contribution in [0.25, 0.3) is 11.3 Å². The first-order valence-corrected chi connectivity index (χ1v) is 7.13. The van der Waals surface area contributed by atoms with E-state index in [0.29, 0.717) is 18.7 Å². The first-order chi connectivity index (χ1) is 10.1. The molecule has 5 nitrogen and oxygen atoms in total. The number of rotatable bonds is 4. The van der Waals surface area contributed by atoms with Crippen molar-refractivity contribution in [3.63, 3.8) is 0 Å². The van der Waals surface area contributed by atoms with Crippen LogP contribution in [0.5, 0.6) is 0 Å². The summed E-state index contributed by atoms with van der Waals surface area (Å²) in [5.41, 5.74) is 2.99. The lowest BCUT2D eigenvalue weighted by molar-refractivity contribution is -0.142. The molecule has 1 atom stereocenters. The van der Waals surface area contributed by atoms with Gasteiger partial charge < -0.3 is 9.63 Å². The molecule has 1 N–H and O–H groups in total. The molecular formula is C16H18N2O3. The molecule has 1 aromatic heterocycles. The van der Waals surface area contributed by atoms with Crippen molar-refractivity contribution in [1.29, 1.82) is 0 Å². The van der Waals surface area contributed by atoms with Crippen LogP contribution in [0.2, 0.25) is 0 Å². The molecule has 1 aromatic carbocycles. The van der Waals surface area contributed by atoms with Gasteiger partial charge in [0.15, 0.2) is 5.76 Å². The quantitative estimate of drug-likeness (QED) is 0.936. The Kier molecular flexibility index (Phi) is 3.75. The maximum absolute atomic E-state index is 11.2. The van der Waals surface area contributed by atoms with E-state index in [1.807, 2.05) is 42.2 Å². The third-order valence-electron chi connectivity index (χ3n) is 3.91. The number of nitrogens with zero attached hydrogens (tertiary/aromatic N) is 2. The van der Waals surface area contributed by atoms with Gasteiger partial charge >= 0.3 is 5.97 Å². The van der Waals surface area contributed by atoms with E-state index in [4.69, 9.17) is 4.52 Å². The first-order valence-electron chi connectivity index (χ1n) is 7.13. The number of aromatic nitrogens is 1. The molecule has 1 saturated heterocycles. The average Bonchev–Trinajstić information content (AvgIpc) is 3.09. The van der Waals surface area contributed by atoms with Crippen LogP contribution in [-0.4, -0.2) is 33.7 Å². The van der Waals surface area contributed by atoms with Crippen LogP contribution in [-0.2, 0) is 11.3 Å². The van der Waals surface area contributed by atoms with Crippen LogP contribution in [0.15, 0.2) is 34.9 Å². The van der Waals surface area contributed by atoms with Crippen molar-refractivity contribution in [3.8, 4) is 11.3 Å². The Bertz CT molecular complexity index is 633. The van der Waals surface area contributed by atoms with Crippen molar-refractivity contribution in [3.05, 3.63) is 41.7 Å². The third kappa shape index (κ3) is 2.97. The summed E-state index contributed by atoms with van der Waals surface area (Å²) in [5, 5.41) is 13.3. The van der Waals surface area contributed by atoms with Crippen LogP contribution >= 0.6 is 0 Å². The van der Waals surface area contributed by atoms with Crippen molar-refractivity contribution in [1.82, 2.24) is 10.1 Å². The molecule has 1 fully saturated rings. The summed E-state index contributed by atoms with van der Waals surface area (Å²) in [6, 6.07) is 9.56. The predicted molar refractivity (Wildman–Crippen MR) is 77.7 cm³/mol. The molecule has 1 aliphatic rings. The van der Waals surface area contributed by atoms with Gasteiger partial charge in [-0.05, 0) is 26.3 Å². The van der Waals surface area contributed by atoms with Gasteiger partial charge in [0, 0.05) is 11.6 Å². The van der Waals surface area contributed by atoms with Gasteiger partial charge in [-0.2, -0.15) is 0 Å². The third-order valence-corrected chi connectivity index (χ3v) is 3.91. The largest absolute Gasteiger partial charge is 0.480 e. The van der Waals surface area contributed by atoms with Gasteiger partial charge in [0.1, 0.15) is 11.7 Å². The average molecular weight is 286 g/mol. The fourth-order valence-electron chi connectivity index (χ4n) is 2.74. The Morgan fingerprint density at radius 3 is 2.90 bits per heavy atom. The molecule has 2 aromatic rings. The van der Waals surface area contributed by atoms with Crippen LogP contribution in [0.3, 0.4) is 0 Å². The summed E-state index contributed by atoms with van der Waals surface area (Å²) in [7, 11) is 0. The zero-order valence-corrected chi connectivity index (χ0v) is 12.0. The van der Waals surface area contributed by atoms with Crippen molar-refractivity contribution >= 4 is 5.97 Å². The lowest BCUT2D eigenvalue weighted by atomic mass is 10.1. The normalized spacial score (nSPS) is 19.0. The highest BCUT2D eigenvalue weighted by molar-refractivity contribution is 5.73. The number of carboxylic acid groups (broad SMARTS) is 1. The highest BCUT2D eigenvalue weighted by atomic mass is 16.5. The summed E-state index contributed by atoms with van der Waals surface area (Å²) in [5.74, 6) is -0.0514. The van der Waals surface area contributed by atoms with Gasteiger partial charge in [-0.25, -0.2) is 0 Å². The number of hydrogen-bond donors (Lipinski definition) is 1. The summed E-state index contributed by atoms with van der Waals surface area (Å²) < 4.78 is 5.35. The molecule has 0 amide bonds. The Labute approximate surface area is 123 Å². The Morgan fingerprint density at radius 1 is 1.43 bits per heavy atom. The minimum absolute atomic E-state index is 0.405. The predicted octanol–water partition coefficient (Wildman–Crippen LogP) is 2.70. The summed E-state index contributed by atoms with van der Waals surface area (Å²) in [6.45, 7) is 3.32. The highest BCUT2D eigenvalue weighted by Crippen LogP contribution is 2.23. The molecular weight excluding hydrogens is 268 g/mol. The zero-order valence-electron chi connectivity index (χ0n) is 12.0. The van der Waals surface area contributed by atoms with Crippen molar-refractivity contribution in [2.24, 2.45) is 0 Å². The van der Waals surface area contributed by atoms with E-state index in [1.165, 1.54) is 5.56 Å². The Hall–Kier alpha value is -2.14. The molecule has 3 rings (SSSR count). The standard InChI is InChI=1S/C16H18N2O3/c1-11-4-6-12(7-5-11)14-9-13(21-17-14)10-18-8-2-3-15(18)16(19)20/h4-7,9,15H,2-3,8,10H2,1H3,(H,19,20)/t15-/m0/s1. The van der Waals surface area contributed by atoms with E-state index in [9.17, 15) is 9.90 Å². The fourth-order valence-corrected chi connectivity index (χ4v) is 2.74. The molecule has 0 radical (unpaired) electrons. The van der Waals surface area contributed by atoms with Crippen LogP contribution < -0.4 is 0 Å². The van der Waals surface area contributed by atoms with Gasteiger partial charge in [-0.1, -0.05) is 35.0 Å². The lowest BCUT2D eigenvalue weighted by Crippen LogP contribution is -2.35. The summed E-state index contributed by atoms with van der Waals surface area (Å²) >= 11 is 0. The number of benzene rings is 1. The second-order valence-electron chi connectivity index (χ2n) is 5.51. The maximum Gasteiger partial charge on any atom is 0.320 e. The maximum atomic E-state index is 11.2. The monoisotopic (exact) mass is 286 g/mol. The topological polar surface area (TPSA) is 66.6 Å². The van der Waals surface area contributed by atoms with Gasteiger partial charge in [0.2, 0.25) is 0 Å². The number of carbonyl (C=O) groups is 1. The second-order valence-corrected chi connectivity index (χ2v) is 5.51. The number of likely N-dealkylation sites (tertiary alicyclic amines) is 1. The van der Waals surface area contributed by atoms with Gasteiger partial charge in [0.25, 0.3) is 0 Å².